The number of unbranched alkanes of at least 4 members (excludes halogenated alkanes) is 15. The number of hydrogen-bond acceptors (Lipinski definition) is 8. The molecule has 0 aromatic rings. The van der Waals surface area contributed by atoms with Gasteiger partial charge in [0.25, 0.3) is 0 Å². The Labute approximate surface area is 348 Å². The topological polar surface area (TPSA) is 111 Å². The van der Waals surface area contributed by atoms with Gasteiger partial charge < -0.3 is 33.3 Å². The zero-order chi connectivity index (χ0) is 42.1. The molecular formula is C48H83NO8. The number of rotatable bonds is 40. The lowest BCUT2D eigenvalue weighted by molar-refractivity contribution is -0.870. The summed E-state index contributed by atoms with van der Waals surface area (Å²) in [5, 5.41) is 11.7. The lowest BCUT2D eigenvalue weighted by Crippen LogP contribution is -2.44. The van der Waals surface area contributed by atoms with Crippen molar-refractivity contribution in [2.45, 2.75) is 180 Å². The number of ether oxygens (including phenoxy) is 4. The Bertz CT molecular complexity index is 1120. The van der Waals surface area contributed by atoms with E-state index in [1.54, 1.807) is 0 Å². The molecule has 0 bridgehead atoms. The fourth-order valence-electron chi connectivity index (χ4n) is 5.74. The molecule has 0 fully saturated rings. The first-order chi connectivity index (χ1) is 27.6. The molecule has 0 saturated heterocycles. The van der Waals surface area contributed by atoms with Crippen LogP contribution in [0.5, 0.6) is 0 Å². The fraction of sp³-hybridized carbons (Fsp3) is 0.729. The minimum atomic E-state index is -1.62. The summed E-state index contributed by atoms with van der Waals surface area (Å²) in [5.41, 5.74) is 0. The van der Waals surface area contributed by atoms with E-state index in [2.05, 4.69) is 74.6 Å². The Morgan fingerprint density at radius 2 is 1.00 bits per heavy atom. The third-order valence-electron chi connectivity index (χ3n) is 9.25. The molecule has 9 heteroatoms. The zero-order valence-corrected chi connectivity index (χ0v) is 36.9. The number of hydrogen-bond donors (Lipinski definition) is 0. The molecule has 0 amide bonds. The molecule has 0 aliphatic carbocycles. The van der Waals surface area contributed by atoms with Gasteiger partial charge in [-0.25, -0.2) is 0 Å². The van der Waals surface area contributed by atoms with Crippen molar-refractivity contribution in [3.05, 3.63) is 60.8 Å². The molecule has 0 heterocycles. The molecule has 2 unspecified atom stereocenters. The second-order valence-electron chi connectivity index (χ2n) is 16.0. The molecule has 328 valence electrons. The van der Waals surface area contributed by atoms with Crippen LogP contribution in [0.2, 0.25) is 0 Å². The quantitative estimate of drug-likeness (QED) is 0.0198. The highest BCUT2D eigenvalue weighted by molar-refractivity contribution is 5.70. The van der Waals surface area contributed by atoms with Crippen molar-refractivity contribution in [3.8, 4) is 0 Å². The normalized spacial score (nSPS) is 13.5. The Morgan fingerprint density at radius 3 is 1.51 bits per heavy atom. The molecule has 0 rings (SSSR count). The molecule has 0 aliphatic heterocycles. The Balaban J connectivity index is 4.41. The van der Waals surface area contributed by atoms with Crippen molar-refractivity contribution in [1.29, 1.82) is 0 Å². The van der Waals surface area contributed by atoms with Crippen LogP contribution < -0.4 is 5.11 Å². The molecule has 0 saturated carbocycles. The summed E-state index contributed by atoms with van der Waals surface area (Å²) in [6, 6.07) is 0. The van der Waals surface area contributed by atoms with Crippen LogP contribution in [0.15, 0.2) is 60.8 Å². The lowest BCUT2D eigenvalue weighted by atomic mass is 10.1. The van der Waals surface area contributed by atoms with Gasteiger partial charge in [-0.1, -0.05) is 145 Å². The molecular weight excluding hydrogens is 719 g/mol. The van der Waals surface area contributed by atoms with Crippen LogP contribution >= 0.6 is 0 Å². The van der Waals surface area contributed by atoms with Crippen LogP contribution in [0, 0.1) is 0 Å². The maximum Gasteiger partial charge on any atom is 0.306 e. The van der Waals surface area contributed by atoms with Crippen LogP contribution in [0.3, 0.4) is 0 Å². The number of carbonyl (C=O) groups is 3. The first-order valence-electron chi connectivity index (χ1n) is 22.4. The van der Waals surface area contributed by atoms with Gasteiger partial charge in [-0.15, -0.1) is 0 Å². The van der Waals surface area contributed by atoms with E-state index in [1.807, 2.05) is 21.1 Å². The summed E-state index contributed by atoms with van der Waals surface area (Å²) in [5.74, 6) is -2.32. The highest BCUT2D eigenvalue weighted by atomic mass is 16.7. The van der Waals surface area contributed by atoms with E-state index < -0.39 is 24.3 Å². The monoisotopic (exact) mass is 802 g/mol. The SMILES string of the molecule is CC/C=C\C/C=C\C/C=C\C/C=C\CCCCCCCCCCC(=O)OC(COC(=O)CCCCCCC/C=C\CCCC)COC(OCC[N+](C)(C)C)C(=O)[O-]. The van der Waals surface area contributed by atoms with Gasteiger partial charge in [0.2, 0.25) is 0 Å². The predicted octanol–water partition coefficient (Wildman–Crippen LogP) is 10.4. The Hall–Kier alpha value is -3.01. The van der Waals surface area contributed by atoms with Crippen molar-refractivity contribution >= 4 is 17.9 Å². The van der Waals surface area contributed by atoms with Gasteiger partial charge in [-0.2, -0.15) is 0 Å². The highest BCUT2D eigenvalue weighted by Gasteiger charge is 2.21. The number of aliphatic carboxylic acids is 1. The van der Waals surface area contributed by atoms with E-state index in [0.717, 1.165) is 96.3 Å². The van der Waals surface area contributed by atoms with Crippen molar-refractivity contribution in [2.24, 2.45) is 0 Å². The molecule has 0 aliphatic rings. The Morgan fingerprint density at radius 1 is 0.544 bits per heavy atom. The summed E-state index contributed by atoms with van der Waals surface area (Å²) in [4.78, 5) is 36.9. The predicted molar refractivity (Wildman–Crippen MR) is 232 cm³/mol. The summed E-state index contributed by atoms with van der Waals surface area (Å²) in [6.07, 6.45) is 43.9. The van der Waals surface area contributed by atoms with Crippen molar-refractivity contribution in [2.75, 3.05) is 47.5 Å². The Kier molecular flexibility index (Phi) is 37.7. The summed E-state index contributed by atoms with van der Waals surface area (Å²) >= 11 is 0. The maximum atomic E-state index is 12.7. The molecule has 2 atom stereocenters. The molecule has 0 N–H and O–H groups in total. The van der Waals surface area contributed by atoms with Gasteiger partial charge in [0.15, 0.2) is 12.4 Å². The summed E-state index contributed by atoms with van der Waals surface area (Å²) in [7, 11) is 5.89. The third kappa shape index (κ3) is 41.0. The number of likely N-dealkylation sites (N-methyl/N-ethyl adjacent to an activating group) is 1. The second-order valence-corrected chi connectivity index (χ2v) is 16.0. The van der Waals surface area contributed by atoms with Gasteiger partial charge in [0.1, 0.15) is 13.2 Å². The number of carbonyl (C=O) groups excluding carboxylic acids is 3. The molecule has 57 heavy (non-hydrogen) atoms. The first kappa shape index (κ1) is 54.0. The lowest BCUT2D eigenvalue weighted by Gasteiger charge is -2.26. The number of carboxylic acid groups (broad SMARTS) is 1. The van der Waals surface area contributed by atoms with E-state index in [9.17, 15) is 19.5 Å². The first-order valence-corrected chi connectivity index (χ1v) is 22.4. The minimum Gasteiger partial charge on any atom is -0.545 e. The van der Waals surface area contributed by atoms with Gasteiger partial charge in [-0.3, -0.25) is 9.59 Å². The molecule has 0 radical (unpaired) electrons. The van der Waals surface area contributed by atoms with Crippen LogP contribution in [0.1, 0.15) is 168 Å². The van der Waals surface area contributed by atoms with Gasteiger partial charge >= 0.3 is 11.9 Å². The average molecular weight is 802 g/mol. The van der Waals surface area contributed by atoms with Crippen LogP contribution in [-0.2, 0) is 33.3 Å². The average Bonchev–Trinajstić information content (AvgIpc) is 3.17. The molecule has 0 aromatic carbocycles. The fourth-order valence-corrected chi connectivity index (χ4v) is 5.74. The van der Waals surface area contributed by atoms with Crippen molar-refractivity contribution in [1.82, 2.24) is 0 Å². The zero-order valence-electron chi connectivity index (χ0n) is 36.9. The maximum absolute atomic E-state index is 12.7. The molecule has 0 aromatic heterocycles. The van der Waals surface area contributed by atoms with Crippen LogP contribution in [0.25, 0.3) is 0 Å². The number of esters is 2. The number of quaternary nitrogens is 1. The van der Waals surface area contributed by atoms with Gasteiger partial charge in [0, 0.05) is 12.8 Å². The second kappa shape index (κ2) is 39.8. The number of allylic oxidation sites excluding steroid dienone is 10. The van der Waals surface area contributed by atoms with E-state index >= 15 is 0 Å². The van der Waals surface area contributed by atoms with Crippen LogP contribution in [0.4, 0.5) is 0 Å². The van der Waals surface area contributed by atoms with E-state index in [-0.39, 0.29) is 38.6 Å². The van der Waals surface area contributed by atoms with Crippen molar-refractivity contribution in [3.63, 3.8) is 0 Å². The largest absolute Gasteiger partial charge is 0.545 e. The van der Waals surface area contributed by atoms with Crippen molar-refractivity contribution < 1.29 is 42.9 Å². The van der Waals surface area contributed by atoms with Crippen LogP contribution in [-0.4, -0.2) is 82.3 Å². The summed E-state index contributed by atoms with van der Waals surface area (Å²) in [6.45, 7) is 4.55. The standard InChI is InChI=1S/C48H83NO8/c1-6-8-10-12-14-16-18-19-20-21-22-23-24-25-26-27-29-31-33-35-37-39-46(51)57-44(43-56-48(47(52)53)54-41-40-49(3,4)5)42-55-45(50)38-36-34-32-30-28-17-15-13-11-9-7-2/h8,10,13-16,19-20,22-23,44,48H,6-7,9,11-12,17-18,21,24-43H2,1-5H3/b10-8-,15-13-,16-14-,20-19-,23-22-. The van der Waals surface area contributed by atoms with Gasteiger partial charge in [-0.05, 0) is 70.6 Å². The van der Waals surface area contributed by atoms with Gasteiger partial charge in [0.05, 0.1) is 40.3 Å². The molecule has 9 nitrogen and oxygen atoms in total. The van der Waals surface area contributed by atoms with E-state index in [4.69, 9.17) is 18.9 Å². The summed E-state index contributed by atoms with van der Waals surface area (Å²) < 4.78 is 22.5. The molecule has 0 spiro atoms. The third-order valence-corrected chi connectivity index (χ3v) is 9.25. The smallest absolute Gasteiger partial charge is 0.306 e. The van der Waals surface area contributed by atoms with E-state index in [0.29, 0.717) is 17.4 Å². The number of nitrogens with zero attached hydrogens (tertiary/aromatic N) is 1. The number of carboxylic acids is 1. The van der Waals surface area contributed by atoms with E-state index in [1.165, 1.54) is 38.5 Å². The minimum absolute atomic E-state index is 0.142. The highest BCUT2D eigenvalue weighted by Crippen LogP contribution is 2.13.